The van der Waals surface area contributed by atoms with E-state index in [9.17, 15) is 0 Å². The monoisotopic (exact) mass is 189 g/mol. The van der Waals surface area contributed by atoms with E-state index in [-0.39, 0.29) is 11.8 Å². The molecule has 1 saturated heterocycles. The van der Waals surface area contributed by atoms with Gasteiger partial charge < -0.3 is 4.74 Å². The molecule has 12 heavy (non-hydrogen) atoms. The lowest BCUT2D eigenvalue weighted by atomic mass is 9.95. The Kier molecular flexibility index (Phi) is 3.44. The minimum absolute atomic E-state index is 0.234. The van der Waals surface area contributed by atoms with Crippen molar-refractivity contribution >= 4 is 11.8 Å². The van der Waals surface area contributed by atoms with Crippen molar-refractivity contribution in [1.82, 2.24) is 5.32 Å². The molecule has 2 nitrogen and oxygen atoms in total. The second-order valence-corrected chi connectivity index (χ2v) is 5.03. The van der Waals surface area contributed by atoms with Crippen molar-refractivity contribution in [2.45, 2.75) is 45.1 Å². The molecule has 0 aromatic heterocycles. The molecule has 0 aliphatic carbocycles. The first-order chi connectivity index (χ1) is 5.53. The lowest BCUT2D eigenvalue weighted by Crippen LogP contribution is -2.55. The largest absolute Gasteiger partial charge is 0.359 e. The topological polar surface area (TPSA) is 21.3 Å². The maximum absolute atomic E-state index is 5.73. The van der Waals surface area contributed by atoms with Gasteiger partial charge in [-0.2, -0.15) is 11.8 Å². The van der Waals surface area contributed by atoms with Gasteiger partial charge in [0, 0.05) is 11.3 Å². The fourth-order valence-electron chi connectivity index (χ4n) is 1.81. The Morgan fingerprint density at radius 1 is 1.58 bits per heavy atom. The standard InChI is InChI=1S/C9H19NOS/c1-7-5-9(2,3)10-8(11-7)6-12-4/h7-8,10H,5-6H2,1-4H3. The quantitative estimate of drug-likeness (QED) is 0.716. The van der Waals surface area contributed by atoms with E-state index in [1.165, 1.54) is 0 Å². The van der Waals surface area contributed by atoms with Crippen LogP contribution in [-0.4, -0.2) is 29.9 Å². The van der Waals surface area contributed by atoms with Gasteiger partial charge in [-0.1, -0.05) is 0 Å². The fraction of sp³-hybridized carbons (Fsp3) is 1.00. The van der Waals surface area contributed by atoms with Gasteiger partial charge >= 0.3 is 0 Å². The number of nitrogens with one attached hydrogen (secondary N) is 1. The van der Waals surface area contributed by atoms with Crippen LogP contribution in [0.2, 0.25) is 0 Å². The van der Waals surface area contributed by atoms with Crippen molar-refractivity contribution in [1.29, 1.82) is 0 Å². The zero-order chi connectivity index (χ0) is 9.19. The Labute approximate surface area is 79.4 Å². The molecule has 3 heteroatoms. The van der Waals surface area contributed by atoms with Gasteiger partial charge in [0.1, 0.15) is 6.23 Å². The van der Waals surface area contributed by atoms with Crippen molar-refractivity contribution in [3.63, 3.8) is 0 Å². The Morgan fingerprint density at radius 3 is 2.75 bits per heavy atom. The highest BCUT2D eigenvalue weighted by atomic mass is 32.2. The molecule has 1 fully saturated rings. The van der Waals surface area contributed by atoms with Crippen molar-refractivity contribution < 1.29 is 4.74 Å². The minimum Gasteiger partial charge on any atom is -0.359 e. The molecule has 2 atom stereocenters. The summed E-state index contributed by atoms with van der Waals surface area (Å²) in [5, 5.41) is 3.48. The van der Waals surface area contributed by atoms with Crippen molar-refractivity contribution in [3.05, 3.63) is 0 Å². The molecule has 1 aliphatic rings. The molecule has 2 unspecified atom stereocenters. The first-order valence-electron chi connectivity index (χ1n) is 4.45. The number of rotatable bonds is 2. The second kappa shape index (κ2) is 3.99. The van der Waals surface area contributed by atoms with Crippen LogP contribution in [0.25, 0.3) is 0 Å². The van der Waals surface area contributed by atoms with Gasteiger partial charge in [0.05, 0.1) is 6.10 Å². The normalized spacial score (nSPS) is 35.0. The third kappa shape index (κ3) is 2.96. The first kappa shape index (κ1) is 10.4. The average Bonchev–Trinajstić information content (AvgIpc) is 1.82. The SMILES string of the molecule is CSCC1NC(C)(C)CC(C)O1. The van der Waals surface area contributed by atoms with E-state index in [2.05, 4.69) is 32.3 Å². The summed E-state index contributed by atoms with van der Waals surface area (Å²) >= 11 is 1.82. The third-order valence-corrected chi connectivity index (χ3v) is 2.70. The highest BCUT2D eigenvalue weighted by Crippen LogP contribution is 2.22. The van der Waals surface area contributed by atoms with Gasteiger partial charge in [0.25, 0.3) is 0 Å². The van der Waals surface area contributed by atoms with Crippen LogP contribution in [-0.2, 0) is 4.74 Å². The Hall–Kier alpha value is 0.270. The lowest BCUT2D eigenvalue weighted by Gasteiger charge is -2.40. The highest BCUT2D eigenvalue weighted by Gasteiger charge is 2.31. The van der Waals surface area contributed by atoms with Crippen molar-refractivity contribution in [3.8, 4) is 0 Å². The lowest BCUT2D eigenvalue weighted by molar-refractivity contribution is -0.0749. The van der Waals surface area contributed by atoms with E-state index >= 15 is 0 Å². The molecule has 0 spiro atoms. The van der Waals surface area contributed by atoms with Crippen LogP contribution in [0.4, 0.5) is 0 Å². The highest BCUT2D eigenvalue weighted by molar-refractivity contribution is 7.98. The van der Waals surface area contributed by atoms with E-state index in [4.69, 9.17) is 4.74 Å². The summed E-state index contributed by atoms with van der Waals surface area (Å²) in [7, 11) is 0. The summed E-state index contributed by atoms with van der Waals surface area (Å²) in [5.41, 5.74) is 0.234. The smallest absolute Gasteiger partial charge is 0.118 e. The molecule has 0 bridgehead atoms. The Bertz CT molecular complexity index is 149. The number of hydrogen-bond acceptors (Lipinski definition) is 3. The van der Waals surface area contributed by atoms with Gasteiger partial charge in [-0.3, -0.25) is 5.32 Å². The van der Waals surface area contributed by atoms with Crippen LogP contribution in [0.1, 0.15) is 27.2 Å². The van der Waals surface area contributed by atoms with Gasteiger partial charge in [0.15, 0.2) is 0 Å². The van der Waals surface area contributed by atoms with Crippen molar-refractivity contribution in [2.24, 2.45) is 0 Å². The summed E-state index contributed by atoms with van der Waals surface area (Å²) < 4.78 is 5.73. The molecule has 1 heterocycles. The molecule has 0 amide bonds. The zero-order valence-corrected chi connectivity index (χ0v) is 9.20. The van der Waals surface area contributed by atoms with E-state index in [1.54, 1.807) is 0 Å². The maximum Gasteiger partial charge on any atom is 0.118 e. The van der Waals surface area contributed by atoms with Crippen LogP contribution in [0.15, 0.2) is 0 Å². The average molecular weight is 189 g/mol. The summed E-state index contributed by atoms with van der Waals surface area (Å²) in [6.07, 6.45) is 3.83. The summed E-state index contributed by atoms with van der Waals surface area (Å²) in [5.74, 6) is 1.04. The molecular weight excluding hydrogens is 170 g/mol. The zero-order valence-electron chi connectivity index (χ0n) is 8.39. The van der Waals surface area contributed by atoms with Gasteiger partial charge in [-0.15, -0.1) is 0 Å². The summed E-state index contributed by atoms with van der Waals surface area (Å²) in [4.78, 5) is 0. The Balaban J connectivity index is 2.46. The number of ether oxygens (including phenoxy) is 1. The first-order valence-corrected chi connectivity index (χ1v) is 5.85. The molecule has 0 saturated carbocycles. The van der Waals surface area contributed by atoms with Crippen molar-refractivity contribution in [2.75, 3.05) is 12.0 Å². The van der Waals surface area contributed by atoms with Crippen LogP contribution < -0.4 is 5.32 Å². The van der Waals surface area contributed by atoms with Crippen LogP contribution >= 0.6 is 11.8 Å². The molecule has 1 rings (SSSR count). The molecule has 1 aliphatic heterocycles. The maximum atomic E-state index is 5.73. The van der Waals surface area contributed by atoms with Crippen LogP contribution in [0.5, 0.6) is 0 Å². The van der Waals surface area contributed by atoms with E-state index in [0.717, 1.165) is 12.2 Å². The number of thioether (sulfide) groups is 1. The van der Waals surface area contributed by atoms with Crippen LogP contribution in [0, 0.1) is 0 Å². The molecule has 0 radical (unpaired) electrons. The molecular formula is C9H19NOS. The van der Waals surface area contributed by atoms with Crippen LogP contribution in [0.3, 0.4) is 0 Å². The third-order valence-electron chi connectivity index (χ3n) is 2.06. The molecule has 0 aromatic carbocycles. The molecule has 1 N–H and O–H groups in total. The van der Waals surface area contributed by atoms with E-state index in [0.29, 0.717) is 6.10 Å². The van der Waals surface area contributed by atoms with Gasteiger partial charge in [0.2, 0.25) is 0 Å². The predicted molar refractivity (Wildman–Crippen MR) is 54.5 cm³/mol. The Morgan fingerprint density at radius 2 is 2.25 bits per heavy atom. The van der Waals surface area contributed by atoms with E-state index in [1.807, 2.05) is 11.8 Å². The van der Waals surface area contributed by atoms with Gasteiger partial charge in [-0.25, -0.2) is 0 Å². The molecule has 0 aromatic rings. The van der Waals surface area contributed by atoms with E-state index < -0.39 is 0 Å². The fourth-order valence-corrected chi connectivity index (χ4v) is 2.27. The molecule has 72 valence electrons. The van der Waals surface area contributed by atoms with Gasteiger partial charge in [-0.05, 0) is 33.4 Å². The summed E-state index contributed by atoms with van der Waals surface area (Å²) in [6, 6.07) is 0. The second-order valence-electron chi connectivity index (χ2n) is 4.12. The minimum atomic E-state index is 0.234. The predicted octanol–water partition coefficient (Wildman–Crippen LogP) is 1.85. The number of hydrogen-bond donors (Lipinski definition) is 1. The summed E-state index contributed by atoms with van der Waals surface area (Å²) in [6.45, 7) is 6.62.